The molecule has 0 bridgehead atoms. The number of aryl methyl sites for hydroxylation is 1. The molecular weight excluding hydrogens is 736 g/mol. The van der Waals surface area contributed by atoms with Crippen molar-refractivity contribution in [3.8, 4) is 11.1 Å². The third-order valence-corrected chi connectivity index (χ3v) is 25.5. The molecule has 0 spiro atoms. The summed E-state index contributed by atoms with van der Waals surface area (Å²) in [6, 6.07) is 30.9. The topological polar surface area (TPSA) is 0 Å². The Kier molecular flexibility index (Phi) is 12.5. The minimum absolute atomic E-state index is 0.664. The maximum atomic E-state index is 2.76. The molecule has 0 amide bonds. The van der Waals surface area contributed by atoms with Crippen molar-refractivity contribution < 1.29 is 21.3 Å². The molecule has 2 aliphatic rings. The Balaban J connectivity index is 1.70. The van der Waals surface area contributed by atoms with Gasteiger partial charge in [0.2, 0.25) is 0 Å². The molecule has 52 heavy (non-hydrogen) atoms. The van der Waals surface area contributed by atoms with Gasteiger partial charge in [0.15, 0.2) is 0 Å². The van der Waals surface area contributed by atoms with Crippen molar-refractivity contribution in [2.75, 3.05) is 0 Å². The van der Waals surface area contributed by atoms with Crippen LogP contribution in [0.5, 0.6) is 0 Å². The Hall–Kier alpha value is -2.45. The van der Waals surface area contributed by atoms with Gasteiger partial charge >= 0.3 is 329 Å². The molecule has 0 radical (unpaired) electrons. The fraction of sp³-hybridized carbons (Fsp3) is 0.408. The molecule has 2 aliphatic carbocycles. The Morgan fingerprint density at radius 2 is 1.23 bits per heavy atom. The van der Waals surface area contributed by atoms with Crippen molar-refractivity contribution in [1.82, 2.24) is 0 Å². The van der Waals surface area contributed by atoms with Crippen LogP contribution >= 0.6 is 0 Å². The minimum atomic E-state index is -2.67. The number of hydrogen-bond donors (Lipinski definition) is 0. The number of hydrogen-bond acceptors (Lipinski definition) is 0. The molecular formula is C49H64Si2Zr. The molecule has 2 unspecified atom stereocenters. The first-order valence-corrected chi connectivity index (χ1v) is 31.1. The van der Waals surface area contributed by atoms with Gasteiger partial charge in [0.05, 0.1) is 0 Å². The van der Waals surface area contributed by atoms with Crippen molar-refractivity contribution >= 4 is 22.6 Å². The van der Waals surface area contributed by atoms with Crippen LogP contribution in [0.1, 0.15) is 102 Å². The van der Waals surface area contributed by atoms with Crippen LogP contribution in [0.4, 0.5) is 0 Å². The van der Waals surface area contributed by atoms with E-state index < -0.39 is 37.4 Å². The monoisotopic (exact) mass is 798 g/mol. The van der Waals surface area contributed by atoms with Crippen molar-refractivity contribution in [1.29, 1.82) is 0 Å². The maximum absolute atomic E-state index is 2.76. The second-order valence-corrected chi connectivity index (χ2v) is 35.3. The van der Waals surface area contributed by atoms with Crippen LogP contribution in [0.15, 0.2) is 100 Å². The predicted octanol–water partition coefficient (Wildman–Crippen LogP) is 13.1. The van der Waals surface area contributed by atoms with E-state index in [0.717, 1.165) is 25.7 Å². The molecule has 4 aromatic carbocycles. The van der Waals surface area contributed by atoms with E-state index in [2.05, 4.69) is 164 Å². The summed E-state index contributed by atoms with van der Waals surface area (Å²) in [6.07, 6.45) is 16.8. The third-order valence-electron chi connectivity index (χ3n) is 12.1. The van der Waals surface area contributed by atoms with Gasteiger partial charge in [-0.1, -0.05) is 0 Å². The second kappa shape index (κ2) is 16.5. The van der Waals surface area contributed by atoms with Crippen LogP contribution in [0, 0.1) is 13.8 Å². The van der Waals surface area contributed by atoms with Gasteiger partial charge < -0.3 is 0 Å². The fourth-order valence-corrected chi connectivity index (χ4v) is 23.0. The zero-order valence-corrected chi connectivity index (χ0v) is 38.5. The Bertz CT molecular complexity index is 1940. The van der Waals surface area contributed by atoms with Gasteiger partial charge in [-0.3, -0.25) is 0 Å². The molecule has 6 rings (SSSR count). The van der Waals surface area contributed by atoms with Crippen LogP contribution < -0.4 is 3.27 Å². The summed E-state index contributed by atoms with van der Waals surface area (Å²) in [5.41, 5.74) is 17.3. The number of rotatable bonds is 14. The summed E-state index contributed by atoms with van der Waals surface area (Å²) in [4.78, 5) is 0. The molecule has 272 valence electrons. The van der Waals surface area contributed by atoms with Crippen molar-refractivity contribution in [2.24, 2.45) is 0 Å². The Morgan fingerprint density at radius 1 is 0.692 bits per heavy atom. The van der Waals surface area contributed by atoms with E-state index in [9.17, 15) is 0 Å². The van der Waals surface area contributed by atoms with E-state index in [1.165, 1.54) is 42.4 Å². The SMILES string of the molecule is CCCC(c1cc2c(cc1C)Cc1c-2cc(C(CCC)[Si](C)(C)C)c(C)[c]1[Zr]([C]1=CC=CC1)=[C](Cc1ccccc1)Cc1ccccc1)[Si](C)(C)C. The van der Waals surface area contributed by atoms with E-state index in [1.54, 1.807) is 42.2 Å². The van der Waals surface area contributed by atoms with Gasteiger partial charge in [-0.15, -0.1) is 0 Å². The molecule has 0 fully saturated rings. The molecule has 4 aromatic rings. The summed E-state index contributed by atoms with van der Waals surface area (Å²) in [5.74, 6) is 0. The molecule has 0 saturated heterocycles. The van der Waals surface area contributed by atoms with E-state index in [0.29, 0.717) is 11.1 Å². The van der Waals surface area contributed by atoms with Crippen LogP contribution in [-0.2, 0) is 40.5 Å². The quantitative estimate of drug-likeness (QED) is 0.0982. The van der Waals surface area contributed by atoms with Crippen molar-refractivity contribution in [3.05, 3.63) is 145 Å². The van der Waals surface area contributed by atoms with Crippen LogP contribution in [-0.4, -0.2) is 19.4 Å². The predicted molar refractivity (Wildman–Crippen MR) is 233 cm³/mol. The Morgan fingerprint density at radius 3 is 1.73 bits per heavy atom. The number of benzene rings is 4. The van der Waals surface area contributed by atoms with Crippen LogP contribution in [0.2, 0.25) is 39.3 Å². The zero-order valence-electron chi connectivity index (χ0n) is 34.0. The standard InChI is InChI=1S/C29H45Si2.C15H14.C5H5.Zr/c1-11-13-28(30(5,6)7)24-18-26-22(15-20(24)3)17-23-16-21(4)25(19-27(23)26)29(14-12-2)31(8,9)10;1-3-8-14(9-4-1)12-7-13-15-10-5-2-6-11-15;1-2-4-5-3-1;/h15,18-19,28-29H,11-14,17H2,1-10H3;1-6,8-11H,12-13H2;1-3H,4H2;. The van der Waals surface area contributed by atoms with E-state index >= 15 is 0 Å². The van der Waals surface area contributed by atoms with Gasteiger partial charge in [0, 0.05) is 0 Å². The van der Waals surface area contributed by atoms with Crippen LogP contribution in [0.3, 0.4) is 0 Å². The van der Waals surface area contributed by atoms with E-state index in [4.69, 9.17) is 0 Å². The van der Waals surface area contributed by atoms with Crippen LogP contribution in [0.25, 0.3) is 11.1 Å². The average molecular weight is 800 g/mol. The van der Waals surface area contributed by atoms with Gasteiger partial charge in [0.25, 0.3) is 0 Å². The molecule has 0 N–H and O–H groups in total. The Labute approximate surface area is 327 Å². The summed E-state index contributed by atoms with van der Waals surface area (Å²) < 4.78 is 5.42. The first kappa shape index (κ1) is 39.2. The molecule has 3 heteroatoms. The average Bonchev–Trinajstić information content (AvgIpc) is 3.75. The van der Waals surface area contributed by atoms with E-state index in [-0.39, 0.29) is 0 Å². The summed E-state index contributed by atoms with van der Waals surface area (Å²) in [6.45, 7) is 25.4. The molecule has 0 aromatic heterocycles. The first-order chi connectivity index (χ1) is 24.8. The number of fused-ring (bicyclic) bond motifs is 3. The van der Waals surface area contributed by atoms with Gasteiger partial charge in [0.1, 0.15) is 0 Å². The van der Waals surface area contributed by atoms with Gasteiger partial charge in [-0.2, -0.15) is 0 Å². The molecule has 0 heterocycles. The fourth-order valence-electron chi connectivity index (χ4n) is 9.54. The normalized spacial score (nSPS) is 14.9. The van der Waals surface area contributed by atoms with E-state index in [1.807, 2.05) is 6.48 Å². The summed E-state index contributed by atoms with van der Waals surface area (Å²) >= 11 is -2.67. The van der Waals surface area contributed by atoms with Gasteiger partial charge in [-0.25, -0.2) is 0 Å². The van der Waals surface area contributed by atoms with Gasteiger partial charge in [-0.05, 0) is 0 Å². The molecule has 0 aliphatic heterocycles. The van der Waals surface area contributed by atoms with Crippen molar-refractivity contribution in [2.45, 2.75) is 129 Å². The zero-order chi connectivity index (χ0) is 37.2. The molecule has 0 saturated carbocycles. The molecule has 0 nitrogen and oxygen atoms in total. The molecule has 2 atom stereocenters. The van der Waals surface area contributed by atoms with Crippen molar-refractivity contribution in [3.63, 3.8) is 0 Å². The third kappa shape index (κ3) is 8.43. The number of allylic oxidation sites excluding steroid dienone is 4. The summed E-state index contributed by atoms with van der Waals surface area (Å²) in [7, 11) is -2.94. The first-order valence-electron chi connectivity index (χ1n) is 20.3. The second-order valence-electron chi connectivity index (χ2n) is 18.1. The summed E-state index contributed by atoms with van der Waals surface area (Å²) in [5, 5.41) is 0.